The van der Waals surface area contributed by atoms with Crippen LogP contribution in [0.5, 0.6) is 5.75 Å². The Hall–Kier alpha value is -2.86. The highest BCUT2D eigenvalue weighted by Crippen LogP contribution is 2.24. The fourth-order valence-electron chi connectivity index (χ4n) is 2.74. The molecule has 3 amide bonds. The normalized spacial score (nSPS) is 15.0. The van der Waals surface area contributed by atoms with Crippen molar-refractivity contribution < 1.29 is 27.5 Å². The summed E-state index contributed by atoms with van der Waals surface area (Å²) in [4.78, 5) is 32.5. The molecular formula is C18H20F3N5O3S. The second kappa shape index (κ2) is 9.30. The summed E-state index contributed by atoms with van der Waals surface area (Å²) in [7, 11) is 2.00. The molecule has 2 N–H and O–H groups in total. The van der Waals surface area contributed by atoms with Crippen LogP contribution in [0.3, 0.4) is 0 Å². The number of urea groups is 1. The van der Waals surface area contributed by atoms with Crippen LogP contribution in [0, 0.1) is 0 Å². The van der Waals surface area contributed by atoms with Crippen molar-refractivity contribution in [1.82, 2.24) is 14.8 Å². The SMILES string of the molecule is CN1CCN(C(=O)Nc2nc(CC(=O)Nc3ccc(OC(F)(F)F)cc3)cs2)CC1. The van der Waals surface area contributed by atoms with Crippen LogP contribution < -0.4 is 15.4 Å². The highest BCUT2D eigenvalue weighted by atomic mass is 32.1. The van der Waals surface area contributed by atoms with Crippen LogP contribution >= 0.6 is 11.3 Å². The van der Waals surface area contributed by atoms with Crippen LogP contribution in [0.4, 0.5) is 28.8 Å². The van der Waals surface area contributed by atoms with Gasteiger partial charge in [0.2, 0.25) is 5.91 Å². The molecule has 0 saturated carbocycles. The Kier molecular flexibility index (Phi) is 6.77. The number of likely N-dealkylation sites (N-methyl/N-ethyl adjacent to an activating group) is 1. The molecule has 1 aromatic carbocycles. The molecule has 0 radical (unpaired) electrons. The van der Waals surface area contributed by atoms with Gasteiger partial charge in [0.05, 0.1) is 12.1 Å². The number of rotatable bonds is 5. The molecule has 3 rings (SSSR count). The van der Waals surface area contributed by atoms with Crippen molar-refractivity contribution >= 4 is 34.1 Å². The molecule has 0 aliphatic carbocycles. The Balaban J connectivity index is 1.48. The summed E-state index contributed by atoms with van der Waals surface area (Å²) in [6.45, 7) is 2.88. The zero-order chi connectivity index (χ0) is 21.7. The van der Waals surface area contributed by atoms with Crippen LogP contribution in [0.1, 0.15) is 5.69 Å². The molecule has 1 aromatic heterocycles. The van der Waals surface area contributed by atoms with E-state index in [9.17, 15) is 22.8 Å². The van der Waals surface area contributed by atoms with Gasteiger partial charge in [-0.1, -0.05) is 0 Å². The molecular weight excluding hydrogens is 423 g/mol. The first-order valence-corrected chi connectivity index (χ1v) is 9.90. The number of ether oxygens (including phenoxy) is 1. The van der Waals surface area contributed by atoms with Crippen molar-refractivity contribution in [2.45, 2.75) is 12.8 Å². The van der Waals surface area contributed by atoms with E-state index >= 15 is 0 Å². The number of anilines is 2. The summed E-state index contributed by atoms with van der Waals surface area (Å²) in [5, 5.41) is 7.37. The highest BCUT2D eigenvalue weighted by molar-refractivity contribution is 7.13. The van der Waals surface area contributed by atoms with E-state index in [4.69, 9.17) is 0 Å². The van der Waals surface area contributed by atoms with E-state index in [2.05, 4.69) is 25.3 Å². The number of benzene rings is 1. The summed E-state index contributed by atoms with van der Waals surface area (Å²) in [6, 6.07) is 4.61. The summed E-state index contributed by atoms with van der Waals surface area (Å²) in [5.41, 5.74) is 0.802. The maximum atomic E-state index is 12.3. The lowest BCUT2D eigenvalue weighted by Gasteiger charge is -2.32. The Morgan fingerprint density at radius 2 is 1.80 bits per heavy atom. The van der Waals surface area contributed by atoms with Gasteiger partial charge in [0.15, 0.2) is 5.13 Å². The van der Waals surface area contributed by atoms with Gasteiger partial charge in [0.1, 0.15) is 5.75 Å². The highest BCUT2D eigenvalue weighted by Gasteiger charge is 2.31. The van der Waals surface area contributed by atoms with Crippen molar-refractivity contribution in [3.8, 4) is 5.75 Å². The predicted octanol–water partition coefficient (Wildman–Crippen LogP) is 3.00. The molecule has 2 aromatic rings. The van der Waals surface area contributed by atoms with E-state index in [-0.39, 0.29) is 24.1 Å². The topological polar surface area (TPSA) is 86.8 Å². The molecule has 1 aliphatic rings. The summed E-state index contributed by atoms with van der Waals surface area (Å²) in [5.74, 6) is -0.762. The number of aromatic nitrogens is 1. The quantitative estimate of drug-likeness (QED) is 0.742. The number of hydrogen-bond donors (Lipinski definition) is 2. The number of amides is 3. The minimum absolute atomic E-state index is 0.0400. The average Bonchev–Trinajstić information content (AvgIpc) is 3.09. The van der Waals surface area contributed by atoms with Crippen molar-refractivity contribution in [2.24, 2.45) is 0 Å². The number of nitrogens with zero attached hydrogens (tertiary/aromatic N) is 3. The number of carbonyl (C=O) groups excluding carboxylic acids is 2. The Morgan fingerprint density at radius 3 is 2.43 bits per heavy atom. The zero-order valence-electron chi connectivity index (χ0n) is 16.0. The fourth-order valence-corrected chi connectivity index (χ4v) is 3.44. The van der Waals surface area contributed by atoms with E-state index in [0.29, 0.717) is 29.6 Å². The third-order valence-corrected chi connectivity index (χ3v) is 5.08. The first-order valence-electron chi connectivity index (χ1n) is 9.02. The molecule has 30 heavy (non-hydrogen) atoms. The Bertz CT molecular complexity index is 880. The van der Waals surface area contributed by atoms with Gasteiger partial charge >= 0.3 is 12.4 Å². The smallest absolute Gasteiger partial charge is 0.406 e. The monoisotopic (exact) mass is 443 g/mol. The second-order valence-electron chi connectivity index (χ2n) is 6.66. The lowest BCUT2D eigenvalue weighted by atomic mass is 10.2. The van der Waals surface area contributed by atoms with E-state index in [1.165, 1.54) is 23.5 Å². The molecule has 2 heterocycles. The largest absolute Gasteiger partial charge is 0.573 e. The number of alkyl halides is 3. The summed E-state index contributed by atoms with van der Waals surface area (Å²) in [6.07, 6.45) is -4.81. The number of thiazole rings is 1. The zero-order valence-corrected chi connectivity index (χ0v) is 16.8. The van der Waals surface area contributed by atoms with Crippen LogP contribution in [-0.2, 0) is 11.2 Å². The maximum absolute atomic E-state index is 12.3. The fraction of sp³-hybridized carbons (Fsp3) is 0.389. The molecule has 1 fully saturated rings. The molecule has 0 unspecified atom stereocenters. The van der Waals surface area contributed by atoms with Crippen molar-refractivity contribution in [1.29, 1.82) is 0 Å². The first-order chi connectivity index (χ1) is 14.2. The van der Waals surface area contributed by atoms with Gasteiger partial charge in [0, 0.05) is 37.2 Å². The van der Waals surface area contributed by atoms with Gasteiger partial charge in [-0.3, -0.25) is 10.1 Å². The van der Waals surface area contributed by atoms with E-state index in [1.54, 1.807) is 10.3 Å². The number of halogens is 3. The van der Waals surface area contributed by atoms with Gasteiger partial charge < -0.3 is 19.9 Å². The predicted molar refractivity (Wildman–Crippen MR) is 106 cm³/mol. The molecule has 0 spiro atoms. The van der Waals surface area contributed by atoms with Crippen LogP contribution in [0.2, 0.25) is 0 Å². The minimum Gasteiger partial charge on any atom is -0.406 e. The van der Waals surface area contributed by atoms with Crippen molar-refractivity contribution in [3.05, 3.63) is 35.3 Å². The van der Waals surface area contributed by atoms with Gasteiger partial charge in [0.25, 0.3) is 0 Å². The molecule has 12 heteroatoms. The summed E-state index contributed by atoms with van der Waals surface area (Å²) < 4.78 is 40.3. The van der Waals surface area contributed by atoms with Gasteiger partial charge in [-0.25, -0.2) is 9.78 Å². The number of hydrogen-bond acceptors (Lipinski definition) is 6. The van der Waals surface area contributed by atoms with E-state index in [0.717, 1.165) is 25.2 Å². The second-order valence-corrected chi connectivity index (χ2v) is 7.52. The van der Waals surface area contributed by atoms with Gasteiger partial charge in [-0.2, -0.15) is 0 Å². The van der Waals surface area contributed by atoms with Crippen LogP contribution in [0.15, 0.2) is 29.6 Å². The van der Waals surface area contributed by atoms with Gasteiger partial charge in [-0.05, 0) is 31.3 Å². The lowest BCUT2D eigenvalue weighted by molar-refractivity contribution is -0.274. The molecule has 8 nitrogen and oxygen atoms in total. The minimum atomic E-state index is -4.77. The maximum Gasteiger partial charge on any atom is 0.573 e. The van der Waals surface area contributed by atoms with E-state index in [1.807, 2.05) is 7.05 Å². The third-order valence-electron chi connectivity index (χ3n) is 4.27. The number of carbonyl (C=O) groups is 2. The first kappa shape index (κ1) is 21.8. The Labute approximate surface area is 174 Å². The Morgan fingerprint density at radius 1 is 1.13 bits per heavy atom. The van der Waals surface area contributed by atoms with Crippen LogP contribution in [0.25, 0.3) is 0 Å². The number of nitrogens with one attached hydrogen (secondary N) is 2. The van der Waals surface area contributed by atoms with Crippen molar-refractivity contribution in [3.63, 3.8) is 0 Å². The summed E-state index contributed by atoms with van der Waals surface area (Å²) >= 11 is 1.21. The van der Waals surface area contributed by atoms with Crippen molar-refractivity contribution in [2.75, 3.05) is 43.9 Å². The third kappa shape index (κ3) is 6.59. The molecule has 162 valence electrons. The van der Waals surface area contributed by atoms with Gasteiger partial charge in [-0.15, -0.1) is 24.5 Å². The average molecular weight is 443 g/mol. The van der Waals surface area contributed by atoms with E-state index < -0.39 is 6.36 Å². The molecule has 1 aliphatic heterocycles. The molecule has 0 atom stereocenters. The molecule has 0 bridgehead atoms. The standard InChI is InChI=1S/C18H20F3N5O3S/c1-25-6-8-26(9-7-25)17(28)24-16-23-13(11-30-16)10-15(27)22-12-2-4-14(5-3-12)29-18(19,20)21/h2-5,11H,6-10H2,1H3,(H,22,27)(H,23,24,28). The molecule has 1 saturated heterocycles. The lowest BCUT2D eigenvalue weighted by Crippen LogP contribution is -2.48. The number of piperazine rings is 1. The van der Waals surface area contributed by atoms with Crippen LogP contribution in [-0.4, -0.2) is 66.3 Å².